The summed E-state index contributed by atoms with van der Waals surface area (Å²) in [6, 6.07) is 0.614. The topological polar surface area (TPSA) is 41.3 Å². The van der Waals surface area contributed by atoms with E-state index in [0.717, 1.165) is 18.8 Å². The molecule has 1 atom stereocenters. The Hall–Kier alpha value is -0.870. The molecule has 1 saturated heterocycles. The molecule has 0 radical (unpaired) electrons. The third-order valence-electron chi connectivity index (χ3n) is 3.24. The summed E-state index contributed by atoms with van der Waals surface area (Å²) in [4.78, 5) is 6.46. The first-order valence-corrected chi connectivity index (χ1v) is 6.18. The summed E-state index contributed by atoms with van der Waals surface area (Å²) in [5.41, 5.74) is 0. The maximum Gasteiger partial charge on any atom is 0.180 e. The minimum Gasteiger partial charge on any atom is -0.447 e. The lowest BCUT2D eigenvalue weighted by atomic mass is 10.1. The van der Waals surface area contributed by atoms with Crippen molar-refractivity contribution in [3.63, 3.8) is 0 Å². The van der Waals surface area contributed by atoms with Gasteiger partial charge in [-0.2, -0.15) is 0 Å². The van der Waals surface area contributed by atoms with Gasteiger partial charge in [0.15, 0.2) is 6.39 Å². The highest BCUT2D eigenvalue weighted by molar-refractivity contribution is 4.87. The van der Waals surface area contributed by atoms with Crippen molar-refractivity contribution in [2.24, 2.45) is 0 Å². The largest absolute Gasteiger partial charge is 0.447 e. The molecule has 4 nitrogen and oxygen atoms in total. The highest BCUT2D eigenvalue weighted by Crippen LogP contribution is 2.11. The fraction of sp³-hybridized carbons (Fsp3) is 0.750. The molecule has 1 fully saturated rings. The quantitative estimate of drug-likeness (QED) is 0.824. The Morgan fingerprint density at radius 2 is 2.25 bits per heavy atom. The zero-order valence-corrected chi connectivity index (χ0v) is 9.98. The van der Waals surface area contributed by atoms with Gasteiger partial charge in [-0.15, -0.1) is 0 Å². The van der Waals surface area contributed by atoms with E-state index in [4.69, 9.17) is 4.42 Å². The molecule has 4 heteroatoms. The van der Waals surface area contributed by atoms with Gasteiger partial charge in [-0.05, 0) is 32.9 Å². The molecule has 0 aromatic carbocycles. The van der Waals surface area contributed by atoms with Crippen molar-refractivity contribution < 1.29 is 4.42 Å². The molecule has 0 aliphatic carbocycles. The molecule has 90 valence electrons. The summed E-state index contributed by atoms with van der Waals surface area (Å²) in [6.07, 6.45) is 7.34. The minimum absolute atomic E-state index is 0.614. The van der Waals surface area contributed by atoms with Crippen LogP contribution in [0.4, 0.5) is 0 Å². The second-order valence-electron chi connectivity index (χ2n) is 4.54. The third-order valence-corrected chi connectivity index (χ3v) is 3.24. The van der Waals surface area contributed by atoms with Crippen molar-refractivity contribution in [3.8, 4) is 0 Å². The fourth-order valence-electron chi connectivity index (χ4n) is 2.22. The zero-order valence-electron chi connectivity index (χ0n) is 9.98. The van der Waals surface area contributed by atoms with Crippen LogP contribution in [0.2, 0.25) is 0 Å². The Morgan fingerprint density at radius 3 is 2.94 bits per heavy atom. The van der Waals surface area contributed by atoms with E-state index in [-0.39, 0.29) is 0 Å². The SMILES string of the molecule is CC(CNCc1cnco1)N1CCCCC1. The van der Waals surface area contributed by atoms with E-state index in [1.54, 1.807) is 6.20 Å². The fourth-order valence-corrected chi connectivity index (χ4v) is 2.22. The maximum atomic E-state index is 5.17. The highest BCUT2D eigenvalue weighted by atomic mass is 16.3. The van der Waals surface area contributed by atoms with E-state index in [2.05, 4.69) is 22.1 Å². The van der Waals surface area contributed by atoms with Crippen LogP contribution in [-0.2, 0) is 6.54 Å². The Kier molecular flexibility index (Phi) is 4.36. The molecule has 0 amide bonds. The van der Waals surface area contributed by atoms with Crippen LogP contribution in [-0.4, -0.2) is 35.6 Å². The number of rotatable bonds is 5. The second-order valence-corrected chi connectivity index (χ2v) is 4.54. The van der Waals surface area contributed by atoms with Gasteiger partial charge in [0, 0.05) is 12.6 Å². The van der Waals surface area contributed by atoms with E-state index >= 15 is 0 Å². The van der Waals surface area contributed by atoms with Crippen LogP contribution >= 0.6 is 0 Å². The number of nitrogens with one attached hydrogen (secondary N) is 1. The van der Waals surface area contributed by atoms with Crippen LogP contribution in [0.15, 0.2) is 17.0 Å². The predicted octanol–water partition coefficient (Wildman–Crippen LogP) is 1.64. The third kappa shape index (κ3) is 3.32. The van der Waals surface area contributed by atoms with E-state index in [0.29, 0.717) is 6.04 Å². The number of oxazole rings is 1. The van der Waals surface area contributed by atoms with Gasteiger partial charge in [-0.1, -0.05) is 6.42 Å². The van der Waals surface area contributed by atoms with Gasteiger partial charge in [0.2, 0.25) is 0 Å². The highest BCUT2D eigenvalue weighted by Gasteiger charge is 2.15. The van der Waals surface area contributed by atoms with E-state index in [1.165, 1.54) is 38.7 Å². The van der Waals surface area contributed by atoms with Gasteiger partial charge in [-0.3, -0.25) is 4.90 Å². The molecule has 1 aromatic rings. The molecule has 2 rings (SSSR count). The van der Waals surface area contributed by atoms with Crippen LogP contribution in [0.5, 0.6) is 0 Å². The summed E-state index contributed by atoms with van der Waals surface area (Å²) >= 11 is 0. The van der Waals surface area contributed by atoms with E-state index in [9.17, 15) is 0 Å². The van der Waals surface area contributed by atoms with E-state index in [1.807, 2.05) is 0 Å². The maximum absolute atomic E-state index is 5.17. The molecule has 1 aliphatic heterocycles. The van der Waals surface area contributed by atoms with Crippen molar-refractivity contribution in [1.82, 2.24) is 15.2 Å². The van der Waals surface area contributed by atoms with Crippen LogP contribution < -0.4 is 5.32 Å². The average Bonchev–Trinajstić information content (AvgIpc) is 2.83. The van der Waals surface area contributed by atoms with Crippen LogP contribution in [0, 0.1) is 0 Å². The van der Waals surface area contributed by atoms with Crippen molar-refractivity contribution in [2.45, 2.75) is 38.8 Å². The summed E-state index contributed by atoms with van der Waals surface area (Å²) in [5.74, 6) is 0.908. The molecule has 2 heterocycles. The van der Waals surface area contributed by atoms with Crippen LogP contribution in [0.3, 0.4) is 0 Å². The molecule has 1 N–H and O–H groups in total. The second kappa shape index (κ2) is 6.01. The molecule has 1 aliphatic rings. The number of hydrogen-bond donors (Lipinski definition) is 1. The van der Waals surface area contributed by atoms with Crippen molar-refractivity contribution in [1.29, 1.82) is 0 Å². The summed E-state index contributed by atoms with van der Waals surface area (Å²) in [5, 5.41) is 3.41. The van der Waals surface area contributed by atoms with Gasteiger partial charge in [0.1, 0.15) is 5.76 Å². The molecule has 0 spiro atoms. The van der Waals surface area contributed by atoms with Crippen molar-refractivity contribution >= 4 is 0 Å². The molecule has 0 saturated carbocycles. The minimum atomic E-state index is 0.614. The normalized spacial score (nSPS) is 19.8. The lowest BCUT2D eigenvalue weighted by Gasteiger charge is -2.32. The van der Waals surface area contributed by atoms with Crippen molar-refractivity contribution in [3.05, 3.63) is 18.4 Å². The van der Waals surface area contributed by atoms with Crippen LogP contribution in [0.25, 0.3) is 0 Å². The van der Waals surface area contributed by atoms with Gasteiger partial charge in [0.05, 0.1) is 12.7 Å². The van der Waals surface area contributed by atoms with Gasteiger partial charge in [0.25, 0.3) is 0 Å². The van der Waals surface area contributed by atoms with Gasteiger partial charge >= 0.3 is 0 Å². The zero-order chi connectivity index (χ0) is 11.2. The molecular weight excluding hydrogens is 202 g/mol. The van der Waals surface area contributed by atoms with Gasteiger partial charge in [-0.25, -0.2) is 4.98 Å². The Balaban J connectivity index is 1.65. The number of likely N-dealkylation sites (tertiary alicyclic amines) is 1. The average molecular weight is 223 g/mol. The Labute approximate surface area is 97.0 Å². The van der Waals surface area contributed by atoms with E-state index < -0.39 is 0 Å². The lowest BCUT2D eigenvalue weighted by molar-refractivity contribution is 0.170. The predicted molar refractivity (Wildman–Crippen MR) is 63.1 cm³/mol. The Morgan fingerprint density at radius 1 is 1.44 bits per heavy atom. The summed E-state index contributed by atoms with van der Waals surface area (Å²) in [6.45, 7) is 6.59. The molecule has 16 heavy (non-hydrogen) atoms. The molecular formula is C12H21N3O. The van der Waals surface area contributed by atoms with Crippen molar-refractivity contribution in [2.75, 3.05) is 19.6 Å². The monoisotopic (exact) mass is 223 g/mol. The molecule has 1 aromatic heterocycles. The number of aromatic nitrogens is 1. The smallest absolute Gasteiger partial charge is 0.180 e. The summed E-state index contributed by atoms with van der Waals surface area (Å²) < 4.78 is 5.17. The number of piperidine rings is 1. The molecule has 0 bridgehead atoms. The number of nitrogens with zero attached hydrogens (tertiary/aromatic N) is 2. The Bertz CT molecular complexity index is 280. The summed E-state index contributed by atoms with van der Waals surface area (Å²) in [7, 11) is 0. The first kappa shape index (κ1) is 11.6. The lowest BCUT2D eigenvalue weighted by Crippen LogP contribution is -2.42. The standard InChI is InChI=1S/C12H21N3O/c1-11(15-5-3-2-4-6-15)7-13-8-12-9-14-10-16-12/h9-11,13H,2-8H2,1H3. The van der Waals surface area contributed by atoms with Crippen LogP contribution in [0.1, 0.15) is 31.9 Å². The van der Waals surface area contributed by atoms with Gasteiger partial charge < -0.3 is 9.73 Å². The first-order chi connectivity index (χ1) is 7.86. The first-order valence-electron chi connectivity index (χ1n) is 6.18. The molecule has 1 unspecified atom stereocenters. The number of hydrogen-bond acceptors (Lipinski definition) is 4.